The Hall–Kier alpha value is -1.23. The van der Waals surface area contributed by atoms with Crippen molar-refractivity contribution in [3.63, 3.8) is 0 Å². The van der Waals surface area contributed by atoms with Crippen molar-refractivity contribution in [2.24, 2.45) is 17.8 Å². The topological polar surface area (TPSA) is 63.4 Å². The molecule has 0 saturated heterocycles. The molecule has 0 amide bonds. The third-order valence-electron chi connectivity index (χ3n) is 5.23. The Morgan fingerprint density at radius 3 is 2.57 bits per heavy atom. The first-order valence-electron chi connectivity index (χ1n) is 7.65. The Kier molecular flexibility index (Phi) is 3.64. The Morgan fingerprint density at radius 2 is 2.05 bits per heavy atom. The number of benzene rings is 1. The van der Waals surface area contributed by atoms with Gasteiger partial charge in [-0.2, -0.15) is 0 Å². The van der Waals surface area contributed by atoms with Crippen molar-refractivity contribution in [1.29, 1.82) is 0 Å². The number of fused-ring (bicyclic) bond motifs is 2. The van der Waals surface area contributed by atoms with E-state index in [-0.39, 0.29) is 4.90 Å². The molecule has 1 aromatic carbocycles. The summed E-state index contributed by atoms with van der Waals surface area (Å²) < 4.78 is 23.1. The van der Waals surface area contributed by atoms with E-state index in [0.717, 1.165) is 30.0 Å². The van der Waals surface area contributed by atoms with Crippen LogP contribution in [0.3, 0.4) is 0 Å². The van der Waals surface area contributed by atoms with Crippen molar-refractivity contribution in [1.82, 2.24) is 0 Å². The van der Waals surface area contributed by atoms with Crippen LogP contribution < -0.4 is 10.6 Å². The number of anilines is 2. The van der Waals surface area contributed by atoms with Gasteiger partial charge in [0.25, 0.3) is 0 Å². The summed E-state index contributed by atoms with van der Waals surface area (Å²) in [4.78, 5) is 2.48. The standard InChI is InChI=1S/C16H24N2O2S/c1-18(10-13-8-11-3-4-12(13)7-11)16-6-5-14(9-15(16)17)21(2,19)20/h5-6,9,11-13H,3-4,7-8,10,17H2,1-2H3. The fourth-order valence-corrected chi connectivity index (χ4v) is 4.82. The van der Waals surface area contributed by atoms with Crippen LogP contribution in [0.1, 0.15) is 25.7 Å². The third-order valence-corrected chi connectivity index (χ3v) is 6.34. The highest BCUT2D eigenvalue weighted by Gasteiger charge is 2.39. The van der Waals surface area contributed by atoms with E-state index >= 15 is 0 Å². The largest absolute Gasteiger partial charge is 0.397 e. The van der Waals surface area contributed by atoms with Gasteiger partial charge in [0, 0.05) is 19.8 Å². The van der Waals surface area contributed by atoms with Gasteiger partial charge in [0.15, 0.2) is 9.84 Å². The smallest absolute Gasteiger partial charge is 0.175 e. The number of nitrogen functional groups attached to an aromatic ring is 1. The molecule has 4 nitrogen and oxygen atoms in total. The van der Waals surface area contributed by atoms with Crippen molar-refractivity contribution in [3.05, 3.63) is 18.2 Å². The molecular formula is C16H24N2O2S. The van der Waals surface area contributed by atoms with Gasteiger partial charge in [-0.15, -0.1) is 0 Å². The van der Waals surface area contributed by atoms with Gasteiger partial charge >= 0.3 is 0 Å². The SMILES string of the molecule is CN(CC1CC2CCC1C2)c1ccc(S(C)(=O)=O)cc1N. The van der Waals surface area contributed by atoms with E-state index in [0.29, 0.717) is 5.69 Å². The second-order valence-corrected chi connectivity index (χ2v) is 8.82. The van der Waals surface area contributed by atoms with Crippen molar-refractivity contribution < 1.29 is 8.42 Å². The molecule has 3 atom stereocenters. The molecule has 2 aliphatic rings. The van der Waals surface area contributed by atoms with Gasteiger partial charge in [0.2, 0.25) is 0 Å². The fraction of sp³-hybridized carbons (Fsp3) is 0.625. The molecule has 2 aliphatic carbocycles. The van der Waals surface area contributed by atoms with E-state index in [1.807, 2.05) is 6.07 Å². The summed E-state index contributed by atoms with van der Waals surface area (Å²) in [6.45, 7) is 1.02. The molecule has 0 aromatic heterocycles. The number of nitrogens with zero attached hydrogens (tertiary/aromatic N) is 1. The van der Waals surface area contributed by atoms with Crippen LogP contribution >= 0.6 is 0 Å². The van der Waals surface area contributed by atoms with Crippen LogP contribution in [-0.4, -0.2) is 28.3 Å². The first kappa shape index (κ1) is 14.7. The minimum Gasteiger partial charge on any atom is -0.397 e. The van der Waals surface area contributed by atoms with E-state index in [9.17, 15) is 8.42 Å². The monoisotopic (exact) mass is 308 g/mol. The van der Waals surface area contributed by atoms with Gasteiger partial charge in [-0.25, -0.2) is 8.42 Å². The number of hydrogen-bond donors (Lipinski definition) is 1. The van der Waals surface area contributed by atoms with Crippen LogP contribution in [0.25, 0.3) is 0 Å². The molecule has 3 unspecified atom stereocenters. The van der Waals surface area contributed by atoms with Crippen LogP contribution in [0.5, 0.6) is 0 Å². The van der Waals surface area contributed by atoms with Crippen LogP contribution in [0.4, 0.5) is 11.4 Å². The number of nitrogens with two attached hydrogens (primary N) is 1. The lowest BCUT2D eigenvalue weighted by Crippen LogP contribution is -2.29. The van der Waals surface area contributed by atoms with Gasteiger partial charge < -0.3 is 10.6 Å². The fourth-order valence-electron chi connectivity index (χ4n) is 4.16. The van der Waals surface area contributed by atoms with E-state index in [1.54, 1.807) is 12.1 Å². The second kappa shape index (κ2) is 5.20. The lowest BCUT2D eigenvalue weighted by molar-refractivity contribution is 0.337. The molecular weight excluding hydrogens is 284 g/mol. The summed E-state index contributed by atoms with van der Waals surface area (Å²) in [5, 5.41) is 0. The maximum absolute atomic E-state index is 11.6. The predicted octanol–water partition coefficient (Wildman–Crippen LogP) is 2.54. The Balaban J connectivity index is 1.74. The molecule has 21 heavy (non-hydrogen) atoms. The van der Waals surface area contributed by atoms with Gasteiger partial charge in [-0.1, -0.05) is 6.42 Å². The van der Waals surface area contributed by atoms with Crippen LogP contribution in [0.2, 0.25) is 0 Å². The lowest BCUT2D eigenvalue weighted by Gasteiger charge is -2.29. The van der Waals surface area contributed by atoms with Crippen molar-refractivity contribution >= 4 is 21.2 Å². The first-order valence-corrected chi connectivity index (χ1v) is 9.54. The summed E-state index contributed by atoms with van der Waals surface area (Å²) >= 11 is 0. The Bertz CT molecular complexity index is 642. The molecule has 1 aromatic rings. The molecule has 2 saturated carbocycles. The zero-order valence-electron chi connectivity index (χ0n) is 12.7. The van der Waals surface area contributed by atoms with E-state index in [4.69, 9.17) is 5.73 Å². The summed E-state index contributed by atoms with van der Waals surface area (Å²) in [7, 11) is -1.14. The van der Waals surface area contributed by atoms with Crippen molar-refractivity contribution in [2.75, 3.05) is 30.5 Å². The van der Waals surface area contributed by atoms with Gasteiger partial charge in [-0.05, 0) is 55.2 Å². The van der Waals surface area contributed by atoms with Gasteiger partial charge in [0.1, 0.15) is 0 Å². The molecule has 3 rings (SSSR count). The van der Waals surface area contributed by atoms with Gasteiger partial charge in [-0.3, -0.25) is 0 Å². The molecule has 116 valence electrons. The highest BCUT2D eigenvalue weighted by Crippen LogP contribution is 2.48. The average molecular weight is 308 g/mol. The number of hydrogen-bond acceptors (Lipinski definition) is 4. The normalized spacial score (nSPS) is 28.0. The summed E-state index contributed by atoms with van der Waals surface area (Å²) in [6.07, 6.45) is 6.75. The lowest BCUT2D eigenvalue weighted by atomic mass is 9.88. The molecule has 0 heterocycles. The Labute approximate surface area is 127 Å². The van der Waals surface area contributed by atoms with Gasteiger partial charge in [0.05, 0.1) is 16.3 Å². The van der Waals surface area contributed by atoms with Crippen molar-refractivity contribution in [3.8, 4) is 0 Å². The zero-order chi connectivity index (χ0) is 15.2. The zero-order valence-corrected chi connectivity index (χ0v) is 13.6. The summed E-state index contributed by atoms with van der Waals surface area (Å²) in [5.74, 6) is 2.59. The van der Waals surface area contributed by atoms with E-state index < -0.39 is 9.84 Å². The first-order chi connectivity index (χ1) is 9.84. The van der Waals surface area contributed by atoms with E-state index in [2.05, 4.69) is 11.9 Å². The molecule has 2 bridgehead atoms. The highest BCUT2D eigenvalue weighted by atomic mass is 32.2. The molecule has 0 radical (unpaired) electrons. The highest BCUT2D eigenvalue weighted by molar-refractivity contribution is 7.90. The minimum atomic E-state index is -3.20. The van der Waals surface area contributed by atoms with E-state index in [1.165, 1.54) is 31.9 Å². The second-order valence-electron chi connectivity index (χ2n) is 6.81. The molecule has 2 fully saturated rings. The summed E-state index contributed by atoms with van der Waals surface area (Å²) in [5.41, 5.74) is 7.54. The summed E-state index contributed by atoms with van der Waals surface area (Å²) in [6, 6.07) is 5.05. The maximum Gasteiger partial charge on any atom is 0.175 e. The molecule has 0 spiro atoms. The third kappa shape index (κ3) is 2.89. The quantitative estimate of drug-likeness (QED) is 0.868. The van der Waals surface area contributed by atoms with Crippen LogP contribution in [0.15, 0.2) is 23.1 Å². The number of sulfone groups is 1. The Morgan fingerprint density at radius 1 is 1.29 bits per heavy atom. The molecule has 0 aliphatic heterocycles. The number of rotatable bonds is 4. The predicted molar refractivity (Wildman–Crippen MR) is 86.2 cm³/mol. The maximum atomic E-state index is 11.6. The van der Waals surface area contributed by atoms with Crippen LogP contribution in [0, 0.1) is 17.8 Å². The molecule has 2 N–H and O–H groups in total. The minimum absolute atomic E-state index is 0.289. The molecule has 5 heteroatoms. The average Bonchev–Trinajstić information content (AvgIpc) is 2.99. The van der Waals surface area contributed by atoms with Crippen molar-refractivity contribution in [2.45, 2.75) is 30.6 Å². The van der Waals surface area contributed by atoms with Crippen LogP contribution in [-0.2, 0) is 9.84 Å².